The molecule has 84 valence electrons. The van der Waals surface area contributed by atoms with Gasteiger partial charge in [0.25, 0.3) is 0 Å². The fourth-order valence-corrected chi connectivity index (χ4v) is 2.04. The molecule has 1 unspecified atom stereocenters. The average Bonchev–Trinajstić information content (AvgIpc) is 2.14. The smallest absolute Gasteiger partial charge is 0.0469 e. The Labute approximate surface area is 87.4 Å². The van der Waals surface area contributed by atoms with E-state index in [1.165, 1.54) is 0 Å². The van der Waals surface area contributed by atoms with Gasteiger partial charge in [-0.25, -0.2) is 0 Å². The first-order valence-corrected chi connectivity index (χ1v) is 5.58. The molecule has 0 bridgehead atoms. The van der Waals surface area contributed by atoms with E-state index >= 15 is 0 Å². The Balaban J connectivity index is 2.43. The summed E-state index contributed by atoms with van der Waals surface area (Å²) in [5.74, 6) is 0.688. The van der Waals surface area contributed by atoms with Gasteiger partial charge in [0.2, 0.25) is 0 Å². The number of hydrogen-bond donors (Lipinski definition) is 2. The molecule has 1 aliphatic heterocycles. The van der Waals surface area contributed by atoms with Crippen LogP contribution in [0.5, 0.6) is 0 Å². The highest BCUT2D eigenvalue weighted by molar-refractivity contribution is 4.84. The molecule has 0 aromatic heterocycles. The minimum Gasteiger partial charge on any atom is -0.381 e. The Morgan fingerprint density at radius 1 is 1.36 bits per heavy atom. The van der Waals surface area contributed by atoms with Crippen LogP contribution >= 0.6 is 0 Å². The first-order valence-electron chi connectivity index (χ1n) is 5.58. The quantitative estimate of drug-likeness (QED) is 0.718. The second kappa shape index (κ2) is 5.10. The molecule has 0 saturated carbocycles. The van der Waals surface area contributed by atoms with E-state index in [-0.39, 0.29) is 5.54 Å². The molecule has 0 aliphatic carbocycles. The SMILES string of the molecule is CC(C)(C)NC(CN)C1CCOCC1. The van der Waals surface area contributed by atoms with Crippen LogP contribution in [0.25, 0.3) is 0 Å². The number of hydrogen-bond acceptors (Lipinski definition) is 3. The summed E-state index contributed by atoms with van der Waals surface area (Å²) < 4.78 is 5.36. The summed E-state index contributed by atoms with van der Waals surface area (Å²) in [6.07, 6.45) is 2.29. The van der Waals surface area contributed by atoms with Crippen LogP contribution in [0.2, 0.25) is 0 Å². The van der Waals surface area contributed by atoms with E-state index in [1.807, 2.05) is 0 Å². The molecule has 1 heterocycles. The standard InChI is InChI=1S/C11H24N2O/c1-11(2,3)13-10(8-12)9-4-6-14-7-5-9/h9-10,13H,4-8,12H2,1-3H3. The molecule has 1 rings (SSSR count). The minimum absolute atomic E-state index is 0.155. The molecule has 1 fully saturated rings. The van der Waals surface area contributed by atoms with Crippen LogP contribution in [0.4, 0.5) is 0 Å². The van der Waals surface area contributed by atoms with Crippen LogP contribution in [-0.2, 0) is 4.74 Å². The zero-order valence-corrected chi connectivity index (χ0v) is 9.68. The van der Waals surface area contributed by atoms with Gasteiger partial charge in [-0.2, -0.15) is 0 Å². The van der Waals surface area contributed by atoms with Crippen LogP contribution in [0, 0.1) is 5.92 Å². The molecule has 0 aromatic rings. The van der Waals surface area contributed by atoms with Crippen molar-refractivity contribution in [1.82, 2.24) is 5.32 Å². The Hall–Kier alpha value is -0.120. The summed E-state index contributed by atoms with van der Waals surface area (Å²) in [5.41, 5.74) is 5.96. The first kappa shape index (κ1) is 12.0. The molecule has 3 heteroatoms. The maximum atomic E-state index is 5.81. The minimum atomic E-state index is 0.155. The molecule has 3 nitrogen and oxygen atoms in total. The zero-order chi connectivity index (χ0) is 10.6. The number of nitrogens with one attached hydrogen (secondary N) is 1. The second-order valence-electron chi connectivity index (χ2n) is 5.19. The van der Waals surface area contributed by atoms with Gasteiger partial charge in [-0.15, -0.1) is 0 Å². The largest absolute Gasteiger partial charge is 0.381 e. The number of ether oxygens (including phenoxy) is 1. The number of rotatable bonds is 3. The summed E-state index contributed by atoms with van der Waals surface area (Å²) in [4.78, 5) is 0. The first-order chi connectivity index (χ1) is 6.53. The van der Waals surface area contributed by atoms with Gasteiger partial charge < -0.3 is 15.8 Å². The predicted molar refractivity (Wildman–Crippen MR) is 59.3 cm³/mol. The van der Waals surface area contributed by atoms with E-state index < -0.39 is 0 Å². The lowest BCUT2D eigenvalue weighted by atomic mass is 9.90. The van der Waals surface area contributed by atoms with Gasteiger partial charge in [0.1, 0.15) is 0 Å². The Kier molecular flexibility index (Phi) is 4.35. The predicted octanol–water partition coefficient (Wildman–Crippen LogP) is 1.13. The van der Waals surface area contributed by atoms with E-state index in [1.54, 1.807) is 0 Å². The van der Waals surface area contributed by atoms with Crippen molar-refractivity contribution in [3.63, 3.8) is 0 Å². The summed E-state index contributed by atoms with van der Waals surface area (Å²) in [7, 11) is 0. The van der Waals surface area contributed by atoms with Crippen LogP contribution < -0.4 is 11.1 Å². The van der Waals surface area contributed by atoms with Gasteiger partial charge in [0.15, 0.2) is 0 Å². The highest BCUT2D eigenvalue weighted by Crippen LogP contribution is 2.19. The average molecular weight is 200 g/mol. The molecule has 14 heavy (non-hydrogen) atoms. The normalized spacial score (nSPS) is 22.3. The van der Waals surface area contributed by atoms with Crippen molar-refractivity contribution in [3.05, 3.63) is 0 Å². The van der Waals surface area contributed by atoms with Crippen LogP contribution in [0.15, 0.2) is 0 Å². The molecule has 1 aliphatic rings. The molecule has 0 amide bonds. The Bertz CT molecular complexity index is 159. The van der Waals surface area contributed by atoms with Crippen molar-refractivity contribution in [1.29, 1.82) is 0 Å². The lowest BCUT2D eigenvalue weighted by Gasteiger charge is -2.35. The summed E-state index contributed by atoms with van der Waals surface area (Å²) in [6.45, 7) is 9.08. The van der Waals surface area contributed by atoms with E-state index in [9.17, 15) is 0 Å². The van der Waals surface area contributed by atoms with E-state index in [2.05, 4.69) is 26.1 Å². The van der Waals surface area contributed by atoms with Crippen molar-refractivity contribution in [2.75, 3.05) is 19.8 Å². The van der Waals surface area contributed by atoms with Crippen molar-refractivity contribution in [3.8, 4) is 0 Å². The number of nitrogens with two attached hydrogens (primary N) is 1. The molecule has 0 aromatic carbocycles. The lowest BCUT2D eigenvalue weighted by Crippen LogP contribution is -2.51. The highest BCUT2D eigenvalue weighted by Gasteiger charge is 2.25. The van der Waals surface area contributed by atoms with Gasteiger partial charge in [-0.3, -0.25) is 0 Å². The molecule has 1 atom stereocenters. The third-order valence-electron chi connectivity index (χ3n) is 2.71. The Morgan fingerprint density at radius 3 is 2.36 bits per heavy atom. The molecular formula is C11H24N2O. The molecule has 0 radical (unpaired) electrons. The zero-order valence-electron chi connectivity index (χ0n) is 9.68. The summed E-state index contributed by atoms with van der Waals surface area (Å²) >= 11 is 0. The van der Waals surface area contributed by atoms with E-state index in [0.29, 0.717) is 12.0 Å². The van der Waals surface area contributed by atoms with Crippen LogP contribution in [0.1, 0.15) is 33.6 Å². The van der Waals surface area contributed by atoms with Gasteiger partial charge in [0, 0.05) is 31.3 Å². The van der Waals surface area contributed by atoms with Crippen molar-refractivity contribution < 1.29 is 4.74 Å². The fourth-order valence-electron chi connectivity index (χ4n) is 2.04. The maximum absolute atomic E-state index is 5.81. The monoisotopic (exact) mass is 200 g/mol. The third kappa shape index (κ3) is 3.95. The van der Waals surface area contributed by atoms with Gasteiger partial charge in [-0.1, -0.05) is 0 Å². The van der Waals surface area contributed by atoms with Gasteiger partial charge >= 0.3 is 0 Å². The maximum Gasteiger partial charge on any atom is 0.0469 e. The van der Waals surface area contributed by atoms with Crippen LogP contribution in [-0.4, -0.2) is 31.3 Å². The molecule has 0 spiro atoms. The fraction of sp³-hybridized carbons (Fsp3) is 1.00. The topological polar surface area (TPSA) is 47.3 Å². The van der Waals surface area contributed by atoms with Crippen molar-refractivity contribution in [2.45, 2.75) is 45.2 Å². The van der Waals surface area contributed by atoms with Crippen LogP contribution in [0.3, 0.4) is 0 Å². The van der Waals surface area contributed by atoms with Crippen molar-refractivity contribution >= 4 is 0 Å². The van der Waals surface area contributed by atoms with E-state index in [4.69, 9.17) is 10.5 Å². The third-order valence-corrected chi connectivity index (χ3v) is 2.71. The molecule has 3 N–H and O–H groups in total. The summed E-state index contributed by atoms with van der Waals surface area (Å²) in [5, 5.41) is 3.60. The molecule has 1 saturated heterocycles. The summed E-state index contributed by atoms with van der Waals surface area (Å²) in [6, 6.07) is 0.443. The molecular weight excluding hydrogens is 176 g/mol. The van der Waals surface area contributed by atoms with Gasteiger partial charge in [-0.05, 0) is 39.5 Å². The van der Waals surface area contributed by atoms with Gasteiger partial charge in [0.05, 0.1) is 0 Å². The van der Waals surface area contributed by atoms with Crippen molar-refractivity contribution in [2.24, 2.45) is 11.7 Å². The Morgan fingerprint density at radius 2 is 1.93 bits per heavy atom. The highest BCUT2D eigenvalue weighted by atomic mass is 16.5. The second-order valence-corrected chi connectivity index (χ2v) is 5.19. The van der Waals surface area contributed by atoms with E-state index in [0.717, 1.165) is 32.6 Å². The lowest BCUT2D eigenvalue weighted by molar-refractivity contribution is 0.0512.